The number of esters is 1. The molecule has 4 rings (SSSR count). The van der Waals surface area contributed by atoms with Crippen LogP contribution in [-0.2, 0) is 9.53 Å². The lowest BCUT2D eigenvalue weighted by Crippen LogP contribution is -2.39. The van der Waals surface area contributed by atoms with Gasteiger partial charge in [-0.15, -0.1) is 0 Å². The summed E-state index contributed by atoms with van der Waals surface area (Å²) in [5, 5.41) is 25.6. The topological polar surface area (TPSA) is 145 Å². The first-order chi connectivity index (χ1) is 19.0. The predicted octanol–water partition coefficient (Wildman–Crippen LogP) is 6.28. The highest BCUT2D eigenvalue weighted by Gasteiger charge is 2.30. The summed E-state index contributed by atoms with van der Waals surface area (Å²) in [6.45, 7) is 5.54. The number of piperidine rings is 1. The zero-order chi connectivity index (χ0) is 29.0. The summed E-state index contributed by atoms with van der Waals surface area (Å²) in [6.07, 6.45) is -0.369. The number of benzene rings is 3. The van der Waals surface area contributed by atoms with Crippen molar-refractivity contribution in [2.75, 3.05) is 23.3 Å². The molecule has 1 aliphatic heterocycles. The van der Waals surface area contributed by atoms with Crippen LogP contribution in [-0.4, -0.2) is 34.8 Å². The second-order valence-electron chi connectivity index (χ2n) is 9.92. The molecule has 11 nitrogen and oxygen atoms in total. The lowest BCUT2D eigenvalue weighted by Gasteiger charge is -2.36. The number of amides is 1. The Bertz CT molecular complexity index is 1440. The quantitative estimate of drug-likeness (QED) is 0.178. The Morgan fingerprint density at radius 2 is 1.65 bits per heavy atom. The number of non-ortho nitro benzene ring substituents is 1. The predicted molar refractivity (Wildman–Crippen MR) is 152 cm³/mol. The Kier molecular flexibility index (Phi) is 8.78. The van der Waals surface area contributed by atoms with Gasteiger partial charge >= 0.3 is 5.97 Å². The molecule has 0 saturated carbocycles. The first-order valence-electron chi connectivity index (χ1n) is 12.6. The van der Waals surface area contributed by atoms with Crippen LogP contribution in [0, 0.1) is 32.1 Å². The van der Waals surface area contributed by atoms with Gasteiger partial charge in [-0.25, -0.2) is 4.79 Å². The smallest absolute Gasteiger partial charge is 0.339 e. The maximum absolute atomic E-state index is 13.3. The minimum Gasteiger partial charge on any atom is -0.444 e. The molecule has 1 fully saturated rings. The van der Waals surface area contributed by atoms with E-state index >= 15 is 0 Å². The highest BCUT2D eigenvalue weighted by Crippen LogP contribution is 2.35. The molecule has 0 radical (unpaired) electrons. The number of hydrogen-bond acceptors (Lipinski definition) is 8. The molecule has 0 spiro atoms. The minimum absolute atomic E-state index is 0.0706. The number of nitrogens with zero attached hydrogens (tertiary/aromatic N) is 3. The first-order valence-corrected chi connectivity index (χ1v) is 13.4. The lowest BCUT2D eigenvalue weighted by atomic mass is 9.91. The number of nitrogens with one attached hydrogen (secondary N) is 1. The lowest BCUT2D eigenvalue weighted by molar-refractivity contribution is -0.384. The fraction of sp³-hybridized carbons (Fsp3) is 0.286. The fourth-order valence-electron chi connectivity index (χ4n) is 4.92. The van der Waals surface area contributed by atoms with Gasteiger partial charge in [0.1, 0.15) is 5.69 Å². The van der Waals surface area contributed by atoms with Crippen LogP contribution >= 0.6 is 15.9 Å². The third-order valence-electron chi connectivity index (χ3n) is 6.60. The molecule has 1 amide bonds. The van der Waals surface area contributed by atoms with Crippen LogP contribution in [0.3, 0.4) is 0 Å². The molecule has 3 aromatic rings. The molecule has 3 unspecified atom stereocenters. The number of halogens is 1. The van der Waals surface area contributed by atoms with Gasteiger partial charge in [0.15, 0.2) is 0 Å². The van der Waals surface area contributed by atoms with Crippen LogP contribution in [0.1, 0.15) is 42.3 Å². The SMILES string of the molecule is CC1CC(C)CN(c2ccc(C(=O)OC(C(=O)Nc3ccc([N+](=O)[O-])cc3Br)c3ccccc3)cc2[N+](=O)[O-])C1. The summed E-state index contributed by atoms with van der Waals surface area (Å²) in [7, 11) is 0. The fourth-order valence-corrected chi connectivity index (χ4v) is 5.38. The van der Waals surface area contributed by atoms with Crippen molar-refractivity contribution in [2.45, 2.75) is 26.4 Å². The largest absolute Gasteiger partial charge is 0.444 e. The van der Waals surface area contributed by atoms with Gasteiger partial charge in [-0.2, -0.15) is 0 Å². The summed E-state index contributed by atoms with van der Waals surface area (Å²) in [5.74, 6) is -0.888. The normalized spacial score (nSPS) is 17.5. The third kappa shape index (κ3) is 6.63. The van der Waals surface area contributed by atoms with Gasteiger partial charge in [0.05, 0.1) is 21.1 Å². The van der Waals surface area contributed by atoms with E-state index < -0.39 is 27.8 Å². The molecule has 1 aliphatic rings. The highest BCUT2D eigenvalue weighted by molar-refractivity contribution is 9.10. The Labute approximate surface area is 238 Å². The molecule has 1 heterocycles. The van der Waals surface area contributed by atoms with Crippen molar-refractivity contribution in [3.05, 3.63) is 103 Å². The number of hydrogen-bond donors (Lipinski definition) is 1. The molecule has 1 N–H and O–H groups in total. The number of ether oxygens (including phenoxy) is 1. The van der Waals surface area contributed by atoms with Crippen LogP contribution < -0.4 is 10.2 Å². The number of carbonyl (C=O) groups is 2. The van der Waals surface area contributed by atoms with E-state index in [1.165, 1.54) is 30.3 Å². The van der Waals surface area contributed by atoms with Crippen molar-refractivity contribution < 1.29 is 24.2 Å². The van der Waals surface area contributed by atoms with Crippen molar-refractivity contribution in [1.82, 2.24) is 0 Å². The zero-order valence-corrected chi connectivity index (χ0v) is 23.4. The zero-order valence-electron chi connectivity index (χ0n) is 21.8. The second kappa shape index (κ2) is 12.2. The molecule has 40 heavy (non-hydrogen) atoms. The summed E-state index contributed by atoms with van der Waals surface area (Å²) >= 11 is 3.21. The Morgan fingerprint density at radius 1 is 0.975 bits per heavy atom. The molecular formula is C28H27BrN4O7. The van der Waals surface area contributed by atoms with E-state index in [4.69, 9.17) is 4.74 Å². The number of anilines is 2. The highest BCUT2D eigenvalue weighted by atomic mass is 79.9. The standard InChI is InChI=1S/C28H27BrN4O7/c1-17-12-18(2)16-31(15-17)24-11-8-20(13-25(24)33(38)39)28(35)40-26(19-6-4-3-5-7-19)27(34)30-23-10-9-21(32(36)37)14-22(23)29/h3-11,13-14,17-18,26H,12,15-16H2,1-2H3,(H,30,34). The minimum atomic E-state index is -1.40. The van der Waals surface area contributed by atoms with Gasteiger partial charge in [0, 0.05) is 41.3 Å². The van der Waals surface area contributed by atoms with Gasteiger partial charge in [0.25, 0.3) is 17.3 Å². The average Bonchev–Trinajstić information content (AvgIpc) is 2.92. The first kappa shape index (κ1) is 28.7. The van der Waals surface area contributed by atoms with Crippen molar-refractivity contribution in [3.8, 4) is 0 Å². The summed E-state index contributed by atoms with van der Waals surface area (Å²) < 4.78 is 5.87. The van der Waals surface area contributed by atoms with Gasteiger partial charge in [-0.05, 0) is 52.4 Å². The van der Waals surface area contributed by atoms with E-state index in [2.05, 4.69) is 35.1 Å². The Hall–Kier alpha value is -4.32. The maximum Gasteiger partial charge on any atom is 0.339 e. The van der Waals surface area contributed by atoms with E-state index in [1.54, 1.807) is 36.4 Å². The molecule has 3 atom stereocenters. The molecule has 3 aromatic carbocycles. The van der Waals surface area contributed by atoms with E-state index in [1.807, 2.05) is 4.90 Å². The van der Waals surface area contributed by atoms with E-state index in [0.29, 0.717) is 36.2 Å². The van der Waals surface area contributed by atoms with Gasteiger partial charge < -0.3 is 15.0 Å². The van der Waals surface area contributed by atoms with E-state index in [9.17, 15) is 29.8 Å². The van der Waals surface area contributed by atoms with Crippen LogP contribution in [0.5, 0.6) is 0 Å². The average molecular weight is 611 g/mol. The summed E-state index contributed by atoms with van der Waals surface area (Å²) in [4.78, 5) is 50.4. The van der Waals surface area contributed by atoms with Crippen LogP contribution in [0.2, 0.25) is 0 Å². The van der Waals surface area contributed by atoms with E-state index in [0.717, 1.165) is 6.42 Å². The monoisotopic (exact) mass is 610 g/mol. The van der Waals surface area contributed by atoms with Crippen LogP contribution in [0.25, 0.3) is 0 Å². The summed E-state index contributed by atoms with van der Waals surface area (Å²) in [6, 6.07) is 16.3. The second-order valence-corrected chi connectivity index (χ2v) is 10.8. The molecule has 208 valence electrons. The van der Waals surface area contributed by atoms with Crippen molar-refractivity contribution >= 4 is 50.6 Å². The van der Waals surface area contributed by atoms with Crippen molar-refractivity contribution in [2.24, 2.45) is 11.8 Å². The molecular weight excluding hydrogens is 584 g/mol. The van der Waals surface area contributed by atoms with Gasteiger partial charge in [0.2, 0.25) is 6.10 Å². The van der Waals surface area contributed by atoms with Gasteiger partial charge in [-0.1, -0.05) is 44.2 Å². The van der Waals surface area contributed by atoms with Crippen molar-refractivity contribution in [1.29, 1.82) is 0 Å². The number of carbonyl (C=O) groups excluding carboxylic acids is 2. The maximum atomic E-state index is 13.3. The van der Waals surface area contributed by atoms with E-state index in [-0.39, 0.29) is 27.1 Å². The molecule has 12 heteroatoms. The third-order valence-corrected chi connectivity index (χ3v) is 7.26. The summed E-state index contributed by atoms with van der Waals surface area (Å²) in [5.41, 5.74) is 0.575. The molecule has 0 bridgehead atoms. The Balaban J connectivity index is 1.60. The van der Waals surface area contributed by atoms with Crippen LogP contribution in [0.15, 0.2) is 71.2 Å². The van der Waals surface area contributed by atoms with Crippen molar-refractivity contribution in [3.63, 3.8) is 0 Å². The molecule has 0 aliphatic carbocycles. The van der Waals surface area contributed by atoms with Crippen LogP contribution in [0.4, 0.5) is 22.7 Å². The number of rotatable bonds is 8. The van der Waals surface area contributed by atoms with Gasteiger partial charge in [-0.3, -0.25) is 25.0 Å². The molecule has 1 saturated heterocycles. The molecule has 0 aromatic heterocycles. The Morgan fingerprint density at radius 3 is 2.25 bits per heavy atom. The number of nitro groups is 2. The number of nitro benzene ring substituents is 2.